The Morgan fingerprint density at radius 3 is 2.61 bits per heavy atom. The van der Waals surface area contributed by atoms with Crippen LogP contribution < -0.4 is 4.90 Å². The molecule has 5 rings (SSSR count). The number of aliphatic hydroxyl groups is 1. The van der Waals surface area contributed by atoms with E-state index in [4.69, 9.17) is 16.0 Å². The maximum absolute atomic E-state index is 13.3. The number of anilines is 1. The molecule has 1 N–H and O–H groups in total. The number of amides is 1. The molecule has 6 nitrogen and oxygen atoms in total. The van der Waals surface area contributed by atoms with Crippen LogP contribution in [0.15, 0.2) is 76.6 Å². The molecular weight excluding hydrogens is 460 g/mol. The molecule has 8 heteroatoms. The second-order valence-corrected chi connectivity index (χ2v) is 9.52. The second kappa shape index (κ2) is 8.17. The zero-order valence-corrected chi connectivity index (χ0v) is 19.4. The standard InChI is InChI=1S/C25H19ClN2O4S/c1-13(2)14-5-7-15(8-6-14)21-20(22(29)18-4-3-11-32-18)23(30)24(31)28(21)25-27-17-10-9-16(26)12-19(17)33-25/h3-13,21,30H,1-2H3. The van der Waals surface area contributed by atoms with Crippen molar-refractivity contribution in [2.45, 2.75) is 25.8 Å². The van der Waals surface area contributed by atoms with Crippen molar-refractivity contribution in [1.29, 1.82) is 0 Å². The van der Waals surface area contributed by atoms with Crippen molar-refractivity contribution in [3.63, 3.8) is 0 Å². The summed E-state index contributed by atoms with van der Waals surface area (Å²) in [6.45, 7) is 4.18. The van der Waals surface area contributed by atoms with Crippen molar-refractivity contribution in [3.8, 4) is 0 Å². The van der Waals surface area contributed by atoms with Crippen LogP contribution in [0.2, 0.25) is 5.02 Å². The Balaban J connectivity index is 1.67. The molecule has 0 bridgehead atoms. The lowest BCUT2D eigenvalue weighted by Crippen LogP contribution is -2.31. The van der Waals surface area contributed by atoms with Crippen molar-refractivity contribution in [2.75, 3.05) is 4.90 Å². The third kappa shape index (κ3) is 3.63. The number of ketones is 1. The highest BCUT2D eigenvalue weighted by Gasteiger charge is 2.46. The first-order valence-corrected chi connectivity index (χ1v) is 11.6. The van der Waals surface area contributed by atoms with Gasteiger partial charge in [0, 0.05) is 5.02 Å². The fraction of sp³-hybridized carbons (Fsp3) is 0.160. The molecule has 0 fully saturated rings. The topological polar surface area (TPSA) is 83.6 Å². The summed E-state index contributed by atoms with van der Waals surface area (Å²) in [5.41, 5.74) is 2.44. The van der Waals surface area contributed by atoms with E-state index in [1.165, 1.54) is 28.6 Å². The Kier molecular flexibility index (Phi) is 5.31. The largest absolute Gasteiger partial charge is 0.503 e. The van der Waals surface area contributed by atoms with Crippen LogP contribution >= 0.6 is 22.9 Å². The number of carbonyl (C=O) groups is 2. The van der Waals surface area contributed by atoms with E-state index in [0.29, 0.717) is 27.2 Å². The van der Waals surface area contributed by atoms with Crippen LogP contribution in [0, 0.1) is 0 Å². The lowest BCUT2D eigenvalue weighted by Gasteiger charge is -2.24. The molecule has 4 aromatic rings. The molecule has 0 aliphatic carbocycles. The van der Waals surface area contributed by atoms with E-state index in [1.54, 1.807) is 24.3 Å². The van der Waals surface area contributed by atoms with E-state index in [0.717, 1.165) is 10.3 Å². The highest BCUT2D eigenvalue weighted by molar-refractivity contribution is 7.22. The number of aromatic nitrogens is 1. The first-order valence-electron chi connectivity index (χ1n) is 10.4. The molecule has 1 unspecified atom stereocenters. The van der Waals surface area contributed by atoms with Crippen LogP contribution in [0.25, 0.3) is 10.2 Å². The number of aliphatic hydroxyl groups excluding tert-OH is 1. The van der Waals surface area contributed by atoms with Gasteiger partial charge in [0.25, 0.3) is 5.91 Å². The van der Waals surface area contributed by atoms with Crippen LogP contribution in [0.1, 0.15) is 47.5 Å². The molecule has 3 heterocycles. The summed E-state index contributed by atoms with van der Waals surface area (Å²) in [7, 11) is 0. The van der Waals surface area contributed by atoms with Gasteiger partial charge in [-0.15, -0.1) is 0 Å². The Bertz CT molecular complexity index is 1400. The highest BCUT2D eigenvalue weighted by atomic mass is 35.5. The number of fused-ring (bicyclic) bond motifs is 1. The van der Waals surface area contributed by atoms with Gasteiger partial charge in [0.05, 0.1) is 28.1 Å². The molecule has 0 radical (unpaired) electrons. The van der Waals surface area contributed by atoms with E-state index in [9.17, 15) is 14.7 Å². The summed E-state index contributed by atoms with van der Waals surface area (Å²) in [4.78, 5) is 32.5. The number of nitrogens with zero attached hydrogens (tertiary/aromatic N) is 2. The number of hydrogen-bond donors (Lipinski definition) is 1. The summed E-state index contributed by atoms with van der Waals surface area (Å²) in [6, 6.07) is 15.2. The molecule has 0 spiro atoms. The van der Waals surface area contributed by atoms with Crippen LogP contribution in [0.4, 0.5) is 5.13 Å². The van der Waals surface area contributed by atoms with E-state index in [1.807, 2.05) is 24.3 Å². The van der Waals surface area contributed by atoms with Gasteiger partial charge in [-0.1, -0.05) is 61.1 Å². The molecule has 2 aromatic heterocycles. The van der Waals surface area contributed by atoms with E-state index < -0.39 is 23.5 Å². The maximum Gasteiger partial charge on any atom is 0.296 e. The van der Waals surface area contributed by atoms with Gasteiger partial charge in [-0.2, -0.15) is 0 Å². The van der Waals surface area contributed by atoms with Gasteiger partial charge >= 0.3 is 0 Å². The molecule has 0 saturated carbocycles. The average Bonchev–Trinajstić information content (AvgIpc) is 3.52. The van der Waals surface area contributed by atoms with Crippen LogP contribution in [0.5, 0.6) is 0 Å². The van der Waals surface area contributed by atoms with E-state index >= 15 is 0 Å². The molecule has 0 saturated heterocycles. The van der Waals surface area contributed by atoms with Crippen molar-refractivity contribution in [3.05, 3.63) is 94.1 Å². The summed E-state index contributed by atoms with van der Waals surface area (Å²) < 4.78 is 6.07. The SMILES string of the molecule is CC(C)c1ccc(C2C(C(=O)c3ccco3)=C(O)C(=O)N2c2nc3ccc(Cl)cc3s2)cc1. The minimum Gasteiger partial charge on any atom is -0.503 e. The third-order valence-corrected chi connectivity index (χ3v) is 6.91. The molecule has 1 atom stereocenters. The predicted molar refractivity (Wildman–Crippen MR) is 128 cm³/mol. The molecule has 166 valence electrons. The van der Waals surface area contributed by atoms with Crippen molar-refractivity contribution in [2.24, 2.45) is 0 Å². The number of halogens is 1. The molecular formula is C25H19ClN2O4S. The zero-order chi connectivity index (χ0) is 23.3. The summed E-state index contributed by atoms with van der Waals surface area (Å²) in [6.07, 6.45) is 1.38. The Labute approximate surface area is 198 Å². The van der Waals surface area contributed by atoms with Crippen molar-refractivity contribution < 1.29 is 19.1 Å². The van der Waals surface area contributed by atoms with Crippen molar-refractivity contribution in [1.82, 2.24) is 4.98 Å². The molecule has 1 aliphatic heterocycles. The van der Waals surface area contributed by atoms with Gasteiger partial charge in [0.15, 0.2) is 16.7 Å². The quantitative estimate of drug-likeness (QED) is 0.333. The second-order valence-electron chi connectivity index (χ2n) is 8.08. The zero-order valence-electron chi connectivity index (χ0n) is 17.8. The van der Waals surface area contributed by atoms with Crippen LogP contribution in [-0.2, 0) is 4.79 Å². The fourth-order valence-electron chi connectivity index (χ4n) is 3.94. The normalized spacial score (nSPS) is 16.4. The van der Waals surface area contributed by atoms with Gasteiger partial charge in [-0.05, 0) is 47.4 Å². The number of carbonyl (C=O) groups excluding carboxylic acids is 2. The first kappa shape index (κ1) is 21.4. The van der Waals surface area contributed by atoms with Gasteiger partial charge in [-0.3, -0.25) is 14.5 Å². The number of Topliss-reactive ketones (excluding diaryl/α,β-unsaturated/α-hetero) is 1. The van der Waals surface area contributed by atoms with Crippen LogP contribution in [-0.4, -0.2) is 21.8 Å². The summed E-state index contributed by atoms with van der Waals surface area (Å²) in [5.74, 6) is -1.47. The minimum atomic E-state index is -0.854. The van der Waals surface area contributed by atoms with Crippen molar-refractivity contribution >= 4 is 50.0 Å². The Hall–Kier alpha value is -3.42. The lowest BCUT2D eigenvalue weighted by molar-refractivity contribution is -0.117. The lowest BCUT2D eigenvalue weighted by atomic mass is 9.93. The number of thiazole rings is 1. The minimum absolute atomic E-state index is 0.0375. The summed E-state index contributed by atoms with van der Waals surface area (Å²) >= 11 is 7.39. The first-order chi connectivity index (χ1) is 15.8. The smallest absolute Gasteiger partial charge is 0.296 e. The Morgan fingerprint density at radius 2 is 1.94 bits per heavy atom. The summed E-state index contributed by atoms with van der Waals surface area (Å²) in [5, 5.41) is 11.8. The monoisotopic (exact) mass is 478 g/mol. The number of hydrogen-bond acceptors (Lipinski definition) is 6. The predicted octanol–water partition coefficient (Wildman–Crippen LogP) is 6.45. The molecule has 33 heavy (non-hydrogen) atoms. The molecule has 1 amide bonds. The van der Waals surface area contributed by atoms with Crippen LogP contribution in [0.3, 0.4) is 0 Å². The Morgan fingerprint density at radius 1 is 1.18 bits per heavy atom. The fourth-order valence-corrected chi connectivity index (χ4v) is 5.21. The van der Waals surface area contributed by atoms with Gasteiger partial charge < -0.3 is 9.52 Å². The average molecular weight is 479 g/mol. The number of furan rings is 1. The van der Waals surface area contributed by atoms with E-state index in [2.05, 4.69) is 18.8 Å². The molecule has 1 aliphatic rings. The number of benzene rings is 2. The van der Waals surface area contributed by atoms with E-state index in [-0.39, 0.29) is 11.3 Å². The molecule has 2 aromatic carbocycles. The van der Waals surface area contributed by atoms with Gasteiger partial charge in [0.2, 0.25) is 5.78 Å². The third-order valence-electron chi connectivity index (χ3n) is 5.66. The number of rotatable bonds is 5. The van der Waals surface area contributed by atoms with Gasteiger partial charge in [-0.25, -0.2) is 4.98 Å². The highest BCUT2D eigenvalue weighted by Crippen LogP contribution is 2.44. The van der Waals surface area contributed by atoms with Gasteiger partial charge in [0.1, 0.15) is 0 Å². The maximum atomic E-state index is 13.3.